The van der Waals surface area contributed by atoms with Gasteiger partial charge in [-0.3, -0.25) is 14.4 Å². The van der Waals surface area contributed by atoms with Gasteiger partial charge in [0.15, 0.2) is 0 Å². The van der Waals surface area contributed by atoms with Gasteiger partial charge in [0.2, 0.25) is 17.7 Å². The topological polar surface area (TPSA) is 198 Å². The molecule has 1 aromatic rings. The minimum atomic E-state index is -0.711. The molecule has 0 aliphatic carbocycles. The van der Waals surface area contributed by atoms with E-state index in [4.69, 9.17) is 10.5 Å². The highest BCUT2D eigenvalue weighted by molar-refractivity contribution is 5.96. The number of rotatable bonds is 16. The summed E-state index contributed by atoms with van der Waals surface area (Å²) in [7, 11) is 0. The minimum absolute atomic E-state index is 0.0587. The van der Waals surface area contributed by atoms with Crippen LogP contribution < -0.4 is 32.3 Å². The maximum absolute atomic E-state index is 12.4. The van der Waals surface area contributed by atoms with Crippen molar-refractivity contribution in [2.45, 2.75) is 135 Å². The molecular weight excluding hydrogens is 628 g/mol. The fourth-order valence-corrected chi connectivity index (χ4v) is 3.15. The van der Waals surface area contributed by atoms with E-state index in [1.165, 1.54) is 6.92 Å². The molecule has 0 aliphatic heterocycles. The van der Waals surface area contributed by atoms with Crippen LogP contribution in [0.2, 0.25) is 0 Å². The second-order valence-electron chi connectivity index (χ2n) is 9.60. The lowest BCUT2D eigenvalue weighted by molar-refractivity contribution is -0.130. The molecule has 13 heteroatoms. The van der Waals surface area contributed by atoms with Crippen molar-refractivity contribution in [3.63, 3.8) is 0 Å². The molecule has 1 atom stereocenters. The molecule has 0 heterocycles. The second kappa shape index (κ2) is 40.0. The molecule has 1 rings (SSSR count). The van der Waals surface area contributed by atoms with Crippen molar-refractivity contribution in [2.24, 2.45) is 11.7 Å². The predicted octanol–water partition coefficient (Wildman–Crippen LogP) is 6.45. The maximum Gasteiger partial charge on any atom is 0.407 e. The Bertz CT molecular complexity index is 987. The van der Waals surface area contributed by atoms with Crippen LogP contribution in [0.1, 0.15) is 128 Å². The van der Waals surface area contributed by atoms with Gasteiger partial charge < -0.3 is 41.8 Å². The fourth-order valence-electron chi connectivity index (χ4n) is 3.15. The molecule has 49 heavy (non-hydrogen) atoms. The van der Waals surface area contributed by atoms with Crippen LogP contribution in [0.15, 0.2) is 24.3 Å². The average Bonchev–Trinajstić information content (AvgIpc) is 3.10. The summed E-state index contributed by atoms with van der Waals surface area (Å²) in [6, 6.07) is 5.57. The highest BCUT2D eigenvalue weighted by atomic mass is 16.5. The molecule has 1 aromatic carbocycles. The van der Waals surface area contributed by atoms with Gasteiger partial charge in [-0.2, -0.15) is 0 Å². The monoisotopic (exact) mass is 699 g/mol. The molecule has 0 saturated carbocycles. The quantitative estimate of drug-likeness (QED) is 0.107. The predicted molar refractivity (Wildman–Crippen MR) is 201 cm³/mol. The van der Waals surface area contributed by atoms with Crippen molar-refractivity contribution < 1.29 is 33.5 Å². The second-order valence-corrected chi connectivity index (χ2v) is 9.60. The molecule has 1 unspecified atom stereocenters. The van der Waals surface area contributed by atoms with Gasteiger partial charge in [-0.05, 0) is 49.8 Å². The van der Waals surface area contributed by atoms with Crippen LogP contribution >= 0.6 is 0 Å². The van der Waals surface area contributed by atoms with Gasteiger partial charge in [0.25, 0.3) is 0 Å². The first-order valence-electron chi connectivity index (χ1n) is 17.8. The third-order valence-corrected chi connectivity index (χ3v) is 5.30. The van der Waals surface area contributed by atoms with Crippen LogP contribution in [-0.2, 0) is 30.5 Å². The SMILES string of the molecule is CC.CC.CC.CC.CCCC(=O)NC(C(=O)NCC(=O)Nc1ccc(COC(=O)NCCCC(C)=O)cc1)C(C)C.CCCNC(N)=O. The summed E-state index contributed by atoms with van der Waals surface area (Å²) in [6.45, 7) is 25.8. The van der Waals surface area contributed by atoms with Crippen molar-refractivity contribution in [1.82, 2.24) is 21.3 Å². The number of hydrogen-bond donors (Lipinski definition) is 6. The van der Waals surface area contributed by atoms with E-state index in [1.807, 2.05) is 83.1 Å². The first-order chi connectivity index (χ1) is 23.4. The summed E-state index contributed by atoms with van der Waals surface area (Å²) in [5, 5.41) is 12.9. The third kappa shape index (κ3) is 36.5. The Morgan fingerprint density at radius 3 is 1.71 bits per heavy atom. The number of Topliss-reactive ketones (excluding diaryl/α,β-unsaturated/α-hetero) is 1. The first kappa shape index (κ1) is 54.3. The number of carbonyl (C=O) groups is 6. The largest absolute Gasteiger partial charge is 0.445 e. The first-order valence-corrected chi connectivity index (χ1v) is 17.8. The Morgan fingerprint density at radius 1 is 0.735 bits per heavy atom. The lowest BCUT2D eigenvalue weighted by atomic mass is 10.0. The van der Waals surface area contributed by atoms with E-state index in [2.05, 4.69) is 26.6 Å². The molecule has 0 saturated heterocycles. The lowest BCUT2D eigenvalue weighted by Crippen LogP contribution is -2.50. The zero-order valence-corrected chi connectivity index (χ0v) is 32.8. The van der Waals surface area contributed by atoms with Gasteiger partial charge >= 0.3 is 12.1 Å². The van der Waals surface area contributed by atoms with Crippen molar-refractivity contribution in [1.29, 1.82) is 0 Å². The zero-order valence-electron chi connectivity index (χ0n) is 32.8. The smallest absolute Gasteiger partial charge is 0.407 e. The number of amides is 6. The Hall–Kier alpha value is -4.16. The van der Waals surface area contributed by atoms with Gasteiger partial charge in [-0.1, -0.05) is 95.2 Å². The number of benzene rings is 1. The minimum Gasteiger partial charge on any atom is -0.445 e. The number of urea groups is 1. The van der Waals surface area contributed by atoms with Gasteiger partial charge in [0.1, 0.15) is 18.4 Å². The van der Waals surface area contributed by atoms with Gasteiger partial charge in [0.05, 0.1) is 6.54 Å². The van der Waals surface area contributed by atoms with Gasteiger partial charge in [-0.15, -0.1) is 0 Å². The Kier molecular flexibility index (Phi) is 44.3. The van der Waals surface area contributed by atoms with E-state index in [0.29, 0.717) is 44.5 Å². The normalized spacial score (nSPS) is 9.51. The van der Waals surface area contributed by atoms with Crippen molar-refractivity contribution in [3.05, 3.63) is 29.8 Å². The molecule has 0 spiro atoms. The van der Waals surface area contributed by atoms with E-state index < -0.39 is 30.0 Å². The van der Waals surface area contributed by atoms with Crippen LogP contribution in [-0.4, -0.2) is 61.3 Å². The summed E-state index contributed by atoms with van der Waals surface area (Å²) in [5.41, 5.74) is 5.98. The number of nitrogens with one attached hydrogen (secondary N) is 5. The summed E-state index contributed by atoms with van der Waals surface area (Å²) in [5.74, 6) is -1.08. The number of ether oxygens (including phenoxy) is 1. The average molecular weight is 699 g/mol. The van der Waals surface area contributed by atoms with Crippen molar-refractivity contribution >= 4 is 41.3 Å². The molecule has 6 amide bonds. The number of nitrogens with two attached hydrogens (primary N) is 1. The van der Waals surface area contributed by atoms with E-state index in [0.717, 1.165) is 12.0 Å². The zero-order chi connectivity index (χ0) is 39.2. The van der Waals surface area contributed by atoms with Crippen LogP contribution in [0.4, 0.5) is 15.3 Å². The van der Waals surface area contributed by atoms with Crippen molar-refractivity contribution in [2.75, 3.05) is 25.0 Å². The number of anilines is 1. The summed E-state index contributed by atoms with van der Waals surface area (Å²) < 4.78 is 5.11. The molecule has 286 valence electrons. The van der Waals surface area contributed by atoms with E-state index in [1.54, 1.807) is 24.3 Å². The molecular formula is C36H70N6O7. The Morgan fingerprint density at radius 2 is 1.29 bits per heavy atom. The van der Waals surface area contributed by atoms with Crippen LogP contribution in [0.25, 0.3) is 0 Å². The van der Waals surface area contributed by atoms with Crippen molar-refractivity contribution in [3.8, 4) is 0 Å². The highest BCUT2D eigenvalue weighted by Gasteiger charge is 2.24. The summed E-state index contributed by atoms with van der Waals surface area (Å²) in [6.07, 6.45) is 2.35. The van der Waals surface area contributed by atoms with Crippen LogP contribution in [0, 0.1) is 5.92 Å². The number of alkyl carbamates (subject to hydrolysis) is 1. The van der Waals surface area contributed by atoms with E-state index in [-0.39, 0.29) is 30.8 Å². The third-order valence-electron chi connectivity index (χ3n) is 5.30. The Labute approximate surface area is 297 Å². The Balaban J connectivity index is -0.000000366. The highest BCUT2D eigenvalue weighted by Crippen LogP contribution is 2.10. The van der Waals surface area contributed by atoms with Crippen LogP contribution in [0.5, 0.6) is 0 Å². The lowest BCUT2D eigenvalue weighted by Gasteiger charge is -2.21. The standard InChI is InChI=1S/C24H36N4O6.C4H10N2O.4C2H6/c1-5-7-20(30)28-22(16(2)3)23(32)26-14-21(31)27-19-11-9-18(10-12-19)15-34-24(33)25-13-6-8-17(4)29;1-2-3-6-4(5)7;4*1-2/h9-12,16,22H,5-8,13-15H2,1-4H3,(H,25,33)(H,26,32)(H,27,31)(H,28,30);2-3H2,1H3,(H3,5,6,7);4*1-2H3. The van der Waals surface area contributed by atoms with Crippen LogP contribution in [0.3, 0.4) is 0 Å². The molecule has 0 aromatic heterocycles. The maximum atomic E-state index is 12.4. The van der Waals surface area contributed by atoms with Gasteiger partial charge in [-0.25, -0.2) is 9.59 Å². The number of primary amides is 1. The molecule has 7 N–H and O–H groups in total. The molecule has 0 bridgehead atoms. The number of carbonyl (C=O) groups excluding carboxylic acids is 6. The summed E-state index contributed by atoms with van der Waals surface area (Å²) in [4.78, 5) is 68.8. The molecule has 13 nitrogen and oxygen atoms in total. The van der Waals surface area contributed by atoms with E-state index in [9.17, 15) is 28.8 Å². The number of ketones is 1. The number of hydrogen-bond acceptors (Lipinski definition) is 7. The molecule has 0 radical (unpaired) electrons. The molecule has 0 aliphatic rings. The van der Waals surface area contributed by atoms with Gasteiger partial charge in [0, 0.05) is 31.6 Å². The molecule has 0 fully saturated rings. The summed E-state index contributed by atoms with van der Waals surface area (Å²) >= 11 is 0. The van der Waals surface area contributed by atoms with E-state index >= 15 is 0 Å². The fraction of sp³-hybridized carbons (Fsp3) is 0.667.